The van der Waals surface area contributed by atoms with Gasteiger partial charge in [-0.3, -0.25) is 9.59 Å². The first kappa shape index (κ1) is 13.6. The van der Waals surface area contributed by atoms with Crippen LogP contribution in [0.15, 0.2) is 54.6 Å². The molecule has 3 heteroatoms. The molecule has 0 amide bonds. The molecule has 0 aliphatic heterocycles. The lowest BCUT2D eigenvalue weighted by molar-refractivity contribution is -0.130. The number of para-hydroxylation sites is 1. The van der Waals surface area contributed by atoms with E-state index in [1.165, 1.54) is 0 Å². The van der Waals surface area contributed by atoms with Crippen molar-refractivity contribution in [2.45, 2.75) is 25.2 Å². The Labute approximate surface area is 123 Å². The van der Waals surface area contributed by atoms with Crippen molar-refractivity contribution in [2.24, 2.45) is 0 Å². The Balaban J connectivity index is 1.72. The number of ether oxygens (including phenoxy) is 1. The van der Waals surface area contributed by atoms with Gasteiger partial charge in [-0.25, -0.2) is 0 Å². The number of carbonyl (C=O) groups excluding carboxylic acids is 2. The van der Waals surface area contributed by atoms with E-state index in [1.54, 1.807) is 0 Å². The summed E-state index contributed by atoms with van der Waals surface area (Å²) in [5.74, 6) is 1.64. The number of carbonyl (C=O) groups is 2. The lowest BCUT2D eigenvalue weighted by Gasteiger charge is -2.20. The summed E-state index contributed by atoms with van der Waals surface area (Å²) in [4.78, 5) is 23.0. The SMILES string of the molecule is O=C1CC(=O)CC(c2ccc(Oc3ccccc3)cc2)C1. The second kappa shape index (κ2) is 5.92. The van der Waals surface area contributed by atoms with Crippen LogP contribution in [-0.2, 0) is 9.59 Å². The lowest BCUT2D eigenvalue weighted by atomic mass is 9.83. The van der Waals surface area contributed by atoms with Gasteiger partial charge in [0.1, 0.15) is 23.1 Å². The molecular formula is C18H16O3. The van der Waals surface area contributed by atoms with Gasteiger partial charge in [-0.1, -0.05) is 30.3 Å². The van der Waals surface area contributed by atoms with E-state index < -0.39 is 0 Å². The van der Waals surface area contributed by atoms with Crippen LogP contribution in [-0.4, -0.2) is 11.6 Å². The van der Waals surface area contributed by atoms with E-state index >= 15 is 0 Å². The number of Topliss-reactive ketones (excluding diaryl/α,β-unsaturated/α-hetero) is 2. The zero-order valence-electron chi connectivity index (χ0n) is 11.6. The van der Waals surface area contributed by atoms with Gasteiger partial charge in [0.2, 0.25) is 0 Å². The molecule has 1 saturated carbocycles. The van der Waals surface area contributed by atoms with E-state index in [0.29, 0.717) is 12.8 Å². The zero-order valence-corrected chi connectivity index (χ0v) is 11.6. The van der Waals surface area contributed by atoms with Crippen molar-refractivity contribution in [1.29, 1.82) is 0 Å². The molecule has 3 nitrogen and oxygen atoms in total. The first-order valence-corrected chi connectivity index (χ1v) is 7.07. The molecule has 0 saturated heterocycles. The average molecular weight is 280 g/mol. The topological polar surface area (TPSA) is 43.4 Å². The Kier molecular flexibility index (Phi) is 3.82. The maximum atomic E-state index is 11.5. The van der Waals surface area contributed by atoms with Crippen molar-refractivity contribution in [3.8, 4) is 11.5 Å². The first-order chi connectivity index (χ1) is 10.2. The van der Waals surface area contributed by atoms with E-state index in [0.717, 1.165) is 17.1 Å². The van der Waals surface area contributed by atoms with Crippen molar-refractivity contribution < 1.29 is 14.3 Å². The molecule has 3 rings (SSSR count). The summed E-state index contributed by atoms with van der Waals surface area (Å²) in [7, 11) is 0. The molecule has 0 radical (unpaired) electrons. The Morgan fingerprint density at radius 3 is 1.95 bits per heavy atom. The summed E-state index contributed by atoms with van der Waals surface area (Å²) < 4.78 is 5.73. The van der Waals surface area contributed by atoms with Gasteiger partial charge in [0, 0.05) is 12.8 Å². The molecule has 2 aromatic carbocycles. The quantitative estimate of drug-likeness (QED) is 0.801. The fraction of sp³-hybridized carbons (Fsp3) is 0.222. The van der Waals surface area contributed by atoms with Crippen LogP contribution < -0.4 is 4.74 Å². The lowest BCUT2D eigenvalue weighted by Crippen LogP contribution is -2.21. The van der Waals surface area contributed by atoms with Crippen molar-refractivity contribution in [3.63, 3.8) is 0 Å². The molecule has 0 atom stereocenters. The molecule has 0 spiro atoms. The summed E-state index contributed by atoms with van der Waals surface area (Å²) in [5.41, 5.74) is 1.02. The van der Waals surface area contributed by atoms with Crippen molar-refractivity contribution >= 4 is 11.6 Å². The van der Waals surface area contributed by atoms with Gasteiger partial charge in [-0.05, 0) is 35.7 Å². The third kappa shape index (κ3) is 3.37. The molecule has 21 heavy (non-hydrogen) atoms. The second-order valence-corrected chi connectivity index (χ2v) is 5.34. The summed E-state index contributed by atoms with van der Waals surface area (Å²) in [6, 6.07) is 17.2. The Morgan fingerprint density at radius 2 is 1.33 bits per heavy atom. The number of hydrogen-bond donors (Lipinski definition) is 0. The third-order valence-corrected chi connectivity index (χ3v) is 3.67. The minimum absolute atomic E-state index is 0.0181. The van der Waals surface area contributed by atoms with Crippen LogP contribution in [0.5, 0.6) is 11.5 Å². The van der Waals surface area contributed by atoms with E-state index in [4.69, 9.17) is 4.74 Å². The van der Waals surface area contributed by atoms with Crippen LogP contribution in [0, 0.1) is 0 Å². The molecule has 0 aromatic heterocycles. The van der Waals surface area contributed by atoms with Gasteiger partial charge < -0.3 is 4.74 Å². The summed E-state index contributed by atoms with van der Waals surface area (Å²) in [6.45, 7) is 0. The van der Waals surface area contributed by atoms with Crippen LogP contribution in [0.4, 0.5) is 0 Å². The predicted octanol–water partition coefficient (Wildman–Crippen LogP) is 3.88. The smallest absolute Gasteiger partial charge is 0.140 e. The molecular weight excluding hydrogens is 264 g/mol. The summed E-state index contributed by atoms with van der Waals surface area (Å²) in [6.07, 6.45) is 1.03. The van der Waals surface area contributed by atoms with Gasteiger partial charge in [-0.2, -0.15) is 0 Å². The van der Waals surface area contributed by atoms with Crippen molar-refractivity contribution in [3.05, 3.63) is 60.2 Å². The van der Waals surface area contributed by atoms with Gasteiger partial charge in [0.05, 0.1) is 6.42 Å². The maximum absolute atomic E-state index is 11.5. The monoisotopic (exact) mass is 280 g/mol. The average Bonchev–Trinajstić information content (AvgIpc) is 2.48. The Hall–Kier alpha value is -2.42. The van der Waals surface area contributed by atoms with Gasteiger partial charge >= 0.3 is 0 Å². The molecule has 0 bridgehead atoms. The molecule has 0 unspecified atom stereocenters. The zero-order chi connectivity index (χ0) is 14.7. The minimum Gasteiger partial charge on any atom is -0.457 e. The van der Waals surface area contributed by atoms with Crippen LogP contribution in [0.1, 0.15) is 30.7 Å². The third-order valence-electron chi connectivity index (χ3n) is 3.67. The molecule has 1 aliphatic rings. The van der Waals surface area contributed by atoms with Gasteiger partial charge in [0.15, 0.2) is 0 Å². The van der Waals surface area contributed by atoms with Crippen LogP contribution in [0.2, 0.25) is 0 Å². The molecule has 106 valence electrons. The predicted molar refractivity (Wildman–Crippen MR) is 79.6 cm³/mol. The molecule has 1 fully saturated rings. The van der Waals surface area contributed by atoms with Gasteiger partial charge in [0.25, 0.3) is 0 Å². The Bertz CT molecular complexity index is 628. The van der Waals surface area contributed by atoms with Crippen LogP contribution >= 0.6 is 0 Å². The molecule has 0 heterocycles. The highest BCUT2D eigenvalue weighted by atomic mass is 16.5. The van der Waals surface area contributed by atoms with E-state index in [2.05, 4.69) is 0 Å². The van der Waals surface area contributed by atoms with Gasteiger partial charge in [-0.15, -0.1) is 0 Å². The second-order valence-electron chi connectivity index (χ2n) is 5.34. The highest BCUT2D eigenvalue weighted by Crippen LogP contribution is 2.31. The first-order valence-electron chi connectivity index (χ1n) is 7.07. The van der Waals surface area contributed by atoms with E-state index in [1.807, 2.05) is 54.6 Å². The normalized spacial score (nSPS) is 16.0. The minimum atomic E-state index is 0.0181. The van der Waals surface area contributed by atoms with Crippen LogP contribution in [0.3, 0.4) is 0 Å². The highest BCUT2D eigenvalue weighted by Gasteiger charge is 2.26. The maximum Gasteiger partial charge on any atom is 0.140 e. The summed E-state index contributed by atoms with van der Waals surface area (Å²) in [5, 5.41) is 0. The Morgan fingerprint density at radius 1 is 0.762 bits per heavy atom. The largest absolute Gasteiger partial charge is 0.457 e. The molecule has 0 N–H and O–H groups in total. The van der Waals surface area contributed by atoms with Crippen molar-refractivity contribution in [2.75, 3.05) is 0 Å². The molecule has 2 aromatic rings. The number of hydrogen-bond acceptors (Lipinski definition) is 3. The van der Waals surface area contributed by atoms with E-state index in [9.17, 15) is 9.59 Å². The standard InChI is InChI=1S/C18H16O3/c19-15-10-14(11-16(20)12-15)13-6-8-18(9-7-13)21-17-4-2-1-3-5-17/h1-9,14H,10-12H2. The number of rotatable bonds is 3. The van der Waals surface area contributed by atoms with Crippen molar-refractivity contribution in [1.82, 2.24) is 0 Å². The molecule has 1 aliphatic carbocycles. The van der Waals surface area contributed by atoms with E-state index in [-0.39, 0.29) is 23.9 Å². The summed E-state index contributed by atoms with van der Waals surface area (Å²) >= 11 is 0. The fourth-order valence-electron chi connectivity index (χ4n) is 2.65. The fourth-order valence-corrected chi connectivity index (χ4v) is 2.65. The highest BCUT2D eigenvalue weighted by molar-refractivity contribution is 6.02. The number of benzene rings is 2. The number of ketones is 2. The van der Waals surface area contributed by atoms with Crippen LogP contribution in [0.25, 0.3) is 0 Å².